The van der Waals surface area contributed by atoms with Crippen LogP contribution in [0.15, 0.2) is 159 Å². The topological polar surface area (TPSA) is 201 Å². The van der Waals surface area contributed by atoms with E-state index in [0.717, 1.165) is 130 Å². The van der Waals surface area contributed by atoms with Crippen molar-refractivity contribution in [3.05, 3.63) is 249 Å². The van der Waals surface area contributed by atoms with E-state index in [1.54, 1.807) is 12.4 Å². The first-order valence-electron chi connectivity index (χ1n) is 38.4. The molecule has 15 rings (SSSR count). The molecule has 582 valence electrons. The van der Waals surface area contributed by atoms with Crippen molar-refractivity contribution >= 4 is 32.6 Å². The minimum absolute atomic E-state index is 0.0196. The lowest BCUT2D eigenvalue weighted by atomic mass is 9.84. The standard InChI is InChI=1S/C11H11N.2C10H10N2.C8H16.C8H10.C7H9N.C7H14O.3C6H8N2.2C6H12O2/c1-8-3-4-10-6-9(2)12-7-11(10)5-8;1-7-3-4-10-9(5-7)6-11-8(2)12-10;1-7-3-4-9-6-8(2)11-12-10(9)5-7;2*1-7-3-5-8(2)6-4-7;2*1-6-3-4-7(2)8-5-6;1-5-3-8-6(2)4-7-5;1-5-3-7-6(2)8-4-5;1-5-3-4-6(2)8-7-5;1-5-3-8-6(2)4-7-5;1-5-3-7-6(2)8-4-5/h3-7H,1-2H3;2*3-6H,1-2H3;7-8H,3-6H2,1-2H3;3-6H,1-2H3;3-5H,1-2H3;6-7H,3-5H2,1-2H3;3*3-4H,1-2H3;2*5-6H,3-4H2,1-2H3. The summed E-state index contributed by atoms with van der Waals surface area (Å²) in [5.74, 6) is 5.07. The second-order valence-electron chi connectivity index (χ2n) is 29.6. The molecular formula is C91H128N12O5. The minimum Gasteiger partial charge on any atom is -0.378 e. The Hall–Kier alpha value is -8.84. The quantitative estimate of drug-likeness (QED) is 0.139. The fraction of sp³-hybridized carbons (Fsp3) is 0.473. The lowest BCUT2D eigenvalue weighted by Gasteiger charge is -2.24. The van der Waals surface area contributed by atoms with Gasteiger partial charge in [-0.05, 0) is 246 Å². The van der Waals surface area contributed by atoms with Crippen LogP contribution in [0.25, 0.3) is 32.6 Å². The van der Waals surface area contributed by atoms with Crippen molar-refractivity contribution in [2.45, 2.75) is 229 Å². The van der Waals surface area contributed by atoms with Crippen LogP contribution in [0.2, 0.25) is 0 Å². The van der Waals surface area contributed by atoms with E-state index in [9.17, 15) is 0 Å². The number of ether oxygens (including phenoxy) is 5. The summed E-state index contributed by atoms with van der Waals surface area (Å²) in [4.78, 5) is 32.7. The Kier molecular flexibility index (Phi) is 43.0. The van der Waals surface area contributed by atoms with E-state index in [0.29, 0.717) is 24.2 Å². The molecule has 108 heavy (non-hydrogen) atoms. The smallest absolute Gasteiger partial charge is 0.154 e. The van der Waals surface area contributed by atoms with Gasteiger partial charge in [-0.3, -0.25) is 19.9 Å². The molecule has 17 heteroatoms. The average Bonchev–Trinajstić information content (AvgIpc) is 0.849. The Morgan fingerprint density at radius 3 is 1.11 bits per heavy atom. The van der Waals surface area contributed by atoms with Crippen molar-refractivity contribution in [2.75, 3.05) is 33.0 Å². The van der Waals surface area contributed by atoms with Crippen molar-refractivity contribution in [2.24, 2.45) is 23.7 Å². The fourth-order valence-corrected chi connectivity index (χ4v) is 10.3. The number of benzene rings is 4. The van der Waals surface area contributed by atoms with Crippen molar-refractivity contribution in [3.63, 3.8) is 0 Å². The molecule has 0 bridgehead atoms. The largest absolute Gasteiger partial charge is 0.378 e. The molecule has 10 heterocycles. The molecule has 0 amide bonds. The molecule has 17 nitrogen and oxygen atoms in total. The SMILES string of the molecule is CC1CCC(C)CC1.CC1CCC(C)OC1.CC1COC(C)CO1.CC1COC(C)OC1.Cc1ccc(C)cc1.Cc1ccc(C)nc1.Cc1ccc(C)nn1.Cc1ccc2cc(C)ncc2c1.Cc1ccc2cc(C)nnc2c1.Cc1ccc2nc(C)ncc2c1.Cc1cnc(C)cn1.Cc1cnc(C)nc1. The van der Waals surface area contributed by atoms with E-state index >= 15 is 0 Å². The second kappa shape index (κ2) is 50.7. The molecule has 1 aliphatic carbocycles. The summed E-state index contributed by atoms with van der Waals surface area (Å²) in [5, 5.41) is 20.5. The Bertz CT molecular complexity index is 3410. The molecule has 4 aromatic carbocycles. The van der Waals surface area contributed by atoms with E-state index in [1.165, 1.54) is 82.7 Å². The van der Waals surface area contributed by atoms with Gasteiger partial charge in [0.1, 0.15) is 11.6 Å². The maximum Gasteiger partial charge on any atom is 0.154 e. The van der Waals surface area contributed by atoms with Crippen LogP contribution in [0, 0.1) is 134 Å². The Balaban J connectivity index is 0.000000250. The van der Waals surface area contributed by atoms with Gasteiger partial charge in [-0.2, -0.15) is 20.4 Å². The number of fused-ring (bicyclic) bond motifs is 3. The van der Waals surface area contributed by atoms with Crippen molar-refractivity contribution < 1.29 is 23.7 Å². The van der Waals surface area contributed by atoms with Crippen molar-refractivity contribution in [1.82, 2.24) is 60.3 Å². The van der Waals surface area contributed by atoms with Gasteiger partial charge in [-0.1, -0.05) is 136 Å². The van der Waals surface area contributed by atoms with Crippen LogP contribution >= 0.6 is 0 Å². The van der Waals surface area contributed by atoms with Crippen LogP contribution in [-0.4, -0.2) is 118 Å². The summed E-state index contributed by atoms with van der Waals surface area (Å²) in [6.07, 6.45) is 22.4. The summed E-state index contributed by atoms with van der Waals surface area (Å²) in [6, 6.07) is 39.4. The maximum absolute atomic E-state index is 5.39. The lowest BCUT2D eigenvalue weighted by Crippen LogP contribution is -2.31. The average molecular weight is 1470 g/mol. The third-order valence-electron chi connectivity index (χ3n) is 17.3. The third kappa shape index (κ3) is 41.5. The monoisotopic (exact) mass is 1470 g/mol. The zero-order valence-electron chi connectivity index (χ0n) is 69.8. The molecule has 3 aliphatic heterocycles. The second-order valence-corrected chi connectivity index (χ2v) is 29.6. The minimum atomic E-state index is 0.0196. The van der Waals surface area contributed by atoms with Gasteiger partial charge in [0, 0.05) is 83.4 Å². The van der Waals surface area contributed by atoms with Gasteiger partial charge in [0.05, 0.1) is 84.2 Å². The summed E-state index contributed by atoms with van der Waals surface area (Å²) >= 11 is 0. The van der Waals surface area contributed by atoms with Crippen LogP contribution in [0.5, 0.6) is 0 Å². The molecule has 7 aromatic heterocycles. The van der Waals surface area contributed by atoms with E-state index in [4.69, 9.17) is 23.7 Å². The van der Waals surface area contributed by atoms with Crippen molar-refractivity contribution in [3.8, 4) is 0 Å². The fourth-order valence-electron chi connectivity index (χ4n) is 10.3. The predicted molar refractivity (Wildman–Crippen MR) is 445 cm³/mol. The summed E-state index contributed by atoms with van der Waals surface area (Å²) in [6.45, 7) is 53.2. The third-order valence-corrected chi connectivity index (χ3v) is 17.3. The number of rotatable bonds is 0. The normalized spacial score (nSPS) is 18.7. The molecule has 4 aliphatic rings. The van der Waals surface area contributed by atoms with Gasteiger partial charge in [0.15, 0.2) is 6.29 Å². The van der Waals surface area contributed by atoms with Crippen LogP contribution < -0.4 is 0 Å². The van der Waals surface area contributed by atoms with E-state index in [-0.39, 0.29) is 6.29 Å². The zero-order valence-corrected chi connectivity index (χ0v) is 69.8. The summed E-state index contributed by atoms with van der Waals surface area (Å²) in [5.41, 5.74) is 17.7. The highest BCUT2D eigenvalue weighted by molar-refractivity contribution is 5.82. The van der Waals surface area contributed by atoms with Gasteiger partial charge in [-0.25, -0.2) is 19.9 Å². The van der Waals surface area contributed by atoms with Crippen LogP contribution in [0.4, 0.5) is 0 Å². The molecular weight excluding hydrogens is 1340 g/mol. The van der Waals surface area contributed by atoms with Crippen molar-refractivity contribution in [1.29, 1.82) is 0 Å². The predicted octanol–water partition coefficient (Wildman–Crippen LogP) is 21.1. The number of hydrogen-bond donors (Lipinski definition) is 0. The van der Waals surface area contributed by atoms with E-state index in [2.05, 4.69) is 208 Å². The number of pyridine rings is 2. The molecule has 0 N–H and O–H groups in total. The van der Waals surface area contributed by atoms with Crippen LogP contribution in [0.1, 0.15) is 184 Å². The highest BCUT2D eigenvalue weighted by atomic mass is 16.7. The molecule has 3 saturated heterocycles. The highest BCUT2D eigenvalue weighted by Crippen LogP contribution is 2.27. The van der Waals surface area contributed by atoms with Crippen LogP contribution in [-0.2, 0) is 23.7 Å². The van der Waals surface area contributed by atoms with Crippen LogP contribution in [0.3, 0.4) is 0 Å². The van der Waals surface area contributed by atoms with Gasteiger partial charge >= 0.3 is 0 Å². The van der Waals surface area contributed by atoms with Gasteiger partial charge < -0.3 is 23.7 Å². The summed E-state index contributed by atoms with van der Waals surface area (Å²) in [7, 11) is 0. The molecule has 0 spiro atoms. The first-order chi connectivity index (χ1) is 51.4. The number of aryl methyl sites for hydroxylation is 16. The molecule has 4 fully saturated rings. The molecule has 1 saturated carbocycles. The summed E-state index contributed by atoms with van der Waals surface area (Å²) < 4.78 is 26.3. The number of hydrogen-bond acceptors (Lipinski definition) is 17. The van der Waals surface area contributed by atoms with Gasteiger partial charge in [0.25, 0.3) is 0 Å². The maximum atomic E-state index is 5.39. The molecule has 11 aromatic rings. The van der Waals surface area contributed by atoms with Gasteiger partial charge in [-0.15, -0.1) is 0 Å². The highest BCUT2D eigenvalue weighted by Gasteiger charge is 2.16. The lowest BCUT2D eigenvalue weighted by molar-refractivity contribution is -0.187. The first-order valence-corrected chi connectivity index (χ1v) is 38.4. The molecule has 0 radical (unpaired) electrons. The number of nitrogens with zero attached hydrogens (tertiary/aromatic N) is 12. The first kappa shape index (κ1) is 91.5. The van der Waals surface area contributed by atoms with E-state index in [1.807, 2.05) is 164 Å². The Labute approximate surface area is 648 Å². The molecule has 4 atom stereocenters. The Morgan fingerprint density at radius 1 is 0.241 bits per heavy atom. The van der Waals surface area contributed by atoms with Gasteiger partial charge in [0.2, 0.25) is 0 Å². The Morgan fingerprint density at radius 2 is 0.648 bits per heavy atom. The molecule has 4 unspecified atom stereocenters. The van der Waals surface area contributed by atoms with E-state index < -0.39 is 0 Å². The zero-order chi connectivity index (χ0) is 79.5. The number of aromatic nitrogens is 12.